The molecule has 0 unspecified atom stereocenters. The average molecular weight is 327 g/mol. The number of rotatable bonds is 6. The van der Waals surface area contributed by atoms with Crippen molar-refractivity contribution < 1.29 is 4.79 Å². The summed E-state index contributed by atoms with van der Waals surface area (Å²) in [6.07, 6.45) is 7.13. The Kier molecular flexibility index (Phi) is 6.28. The summed E-state index contributed by atoms with van der Waals surface area (Å²) in [7, 11) is 0. The smallest absolute Gasteiger partial charge is 0.235 e. The Morgan fingerprint density at radius 3 is 2.46 bits per heavy atom. The van der Waals surface area contributed by atoms with Crippen LogP contribution in [-0.4, -0.2) is 49.1 Å². The van der Waals surface area contributed by atoms with E-state index in [4.69, 9.17) is 6.42 Å². The Labute approximate surface area is 146 Å². The first-order valence-corrected chi connectivity index (χ1v) is 8.84. The van der Waals surface area contributed by atoms with E-state index >= 15 is 0 Å². The summed E-state index contributed by atoms with van der Waals surface area (Å²) in [6, 6.07) is 8.58. The highest BCUT2D eigenvalue weighted by atomic mass is 16.2. The molecular formula is C20H29N3O. The van der Waals surface area contributed by atoms with Crippen molar-refractivity contribution in [2.75, 3.05) is 37.6 Å². The largest absolute Gasteiger partial charge is 0.369 e. The third kappa shape index (κ3) is 4.52. The van der Waals surface area contributed by atoms with Crippen LogP contribution in [0.25, 0.3) is 0 Å². The van der Waals surface area contributed by atoms with Gasteiger partial charge < -0.3 is 10.2 Å². The lowest BCUT2D eigenvalue weighted by Gasteiger charge is -2.36. The number of nitrogens with one attached hydrogen (secondary N) is 1. The van der Waals surface area contributed by atoms with Gasteiger partial charge in [-0.05, 0) is 37.5 Å². The molecule has 1 N–H and O–H groups in total. The molecule has 0 spiro atoms. The maximum atomic E-state index is 12.3. The number of anilines is 1. The van der Waals surface area contributed by atoms with Gasteiger partial charge in [0.1, 0.15) is 5.54 Å². The molecule has 0 aromatic heterocycles. The highest BCUT2D eigenvalue weighted by molar-refractivity contribution is 5.79. The van der Waals surface area contributed by atoms with Crippen LogP contribution >= 0.6 is 0 Å². The van der Waals surface area contributed by atoms with Crippen LogP contribution in [0.3, 0.4) is 0 Å². The molecule has 0 saturated carbocycles. The van der Waals surface area contributed by atoms with Crippen molar-refractivity contribution in [3.63, 3.8) is 0 Å². The van der Waals surface area contributed by atoms with Crippen LogP contribution in [0.5, 0.6) is 0 Å². The van der Waals surface area contributed by atoms with Gasteiger partial charge in [0, 0.05) is 31.9 Å². The monoisotopic (exact) mass is 327 g/mol. The fourth-order valence-corrected chi connectivity index (χ4v) is 3.17. The Hall–Kier alpha value is -1.99. The highest BCUT2D eigenvalue weighted by Gasteiger charge is 2.27. The number of piperazine rings is 1. The van der Waals surface area contributed by atoms with Gasteiger partial charge in [-0.25, -0.2) is 0 Å². The molecule has 1 aromatic rings. The number of carbonyl (C=O) groups is 1. The molecule has 24 heavy (non-hydrogen) atoms. The quantitative estimate of drug-likeness (QED) is 0.815. The van der Waals surface area contributed by atoms with Gasteiger partial charge in [-0.3, -0.25) is 9.69 Å². The van der Waals surface area contributed by atoms with Gasteiger partial charge >= 0.3 is 0 Å². The van der Waals surface area contributed by atoms with Gasteiger partial charge in [0.25, 0.3) is 0 Å². The lowest BCUT2D eigenvalue weighted by Crippen LogP contribution is -2.53. The minimum atomic E-state index is -0.500. The number of hydrogen-bond acceptors (Lipinski definition) is 3. The van der Waals surface area contributed by atoms with Crippen LogP contribution in [0.2, 0.25) is 0 Å². The summed E-state index contributed by atoms with van der Waals surface area (Å²) < 4.78 is 0. The topological polar surface area (TPSA) is 35.6 Å². The fraction of sp³-hybridized carbons (Fsp3) is 0.550. The van der Waals surface area contributed by atoms with Crippen LogP contribution < -0.4 is 10.2 Å². The van der Waals surface area contributed by atoms with Gasteiger partial charge in [0.05, 0.1) is 6.54 Å². The van der Waals surface area contributed by atoms with Crippen molar-refractivity contribution in [1.29, 1.82) is 0 Å². The van der Waals surface area contributed by atoms with Gasteiger partial charge in [0.2, 0.25) is 5.91 Å². The molecule has 1 saturated heterocycles. The summed E-state index contributed by atoms with van der Waals surface area (Å²) in [5.41, 5.74) is 2.04. The van der Waals surface area contributed by atoms with E-state index < -0.39 is 5.54 Å². The fourth-order valence-electron chi connectivity index (χ4n) is 3.17. The molecule has 4 nitrogen and oxygen atoms in total. The van der Waals surface area contributed by atoms with Crippen molar-refractivity contribution in [3.05, 3.63) is 29.8 Å². The maximum Gasteiger partial charge on any atom is 0.235 e. The molecule has 2 rings (SSSR count). The van der Waals surface area contributed by atoms with Crippen molar-refractivity contribution in [2.45, 2.75) is 39.2 Å². The molecule has 0 atom stereocenters. The summed E-state index contributed by atoms with van der Waals surface area (Å²) in [4.78, 5) is 16.9. The third-order valence-electron chi connectivity index (χ3n) is 4.97. The lowest BCUT2D eigenvalue weighted by molar-refractivity contribution is -0.123. The average Bonchev–Trinajstić information content (AvgIpc) is 2.60. The molecule has 130 valence electrons. The highest BCUT2D eigenvalue weighted by Crippen LogP contribution is 2.18. The first kappa shape index (κ1) is 18.4. The minimum Gasteiger partial charge on any atom is -0.369 e. The van der Waals surface area contributed by atoms with Crippen LogP contribution in [0, 0.1) is 19.3 Å². The van der Waals surface area contributed by atoms with Crippen LogP contribution in [0.1, 0.15) is 32.3 Å². The number of hydrogen-bond donors (Lipinski definition) is 1. The summed E-state index contributed by atoms with van der Waals surface area (Å²) in [5.74, 6) is 2.79. The number of aryl methyl sites for hydroxylation is 1. The van der Waals surface area contributed by atoms with E-state index in [0.717, 1.165) is 39.0 Å². The predicted octanol–water partition coefficient (Wildman–Crippen LogP) is 2.43. The number of terminal acetylenes is 1. The lowest BCUT2D eigenvalue weighted by atomic mass is 9.94. The van der Waals surface area contributed by atoms with Gasteiger partial charge in [-0.1, -0.05) is 31.9 Å². The van der Waals surface area contributed by atoms with Crippen LogP contribution in [0.15, 0.2) is 24.3 Å². The van der Waals surface area contributed by atoms with E-state index in [0.29, 0.717) is 6.54 Å². The Bertz CT molecular complexity index is 593. The second-order valence-corrected chi connectivity index (χ2v) is 6.58. The third-order valence-corrected chi connectivity index (χ3v) is 4.97. The zero-order valence-corrected chi connectivity index (χ0v) is 15.1. The second-order valence-electron chi connectivity index (χ2n) is 6.58. The molecule has 4 heteroatoms. The maximum absolute atomic E-state index is 12.3. The van der Waals surface area contributed by atoms with Crippen molar-refractivity contribution in [2.24, 2.45) is 0 Å². The Morgan fingerprint density at radius 2 is 1.92 bits per heavy atom. The van der Waals surface area contributed by atoms with Crippen molar-refractivity contribution >= 4 is 11.6 Å². The van der Waals surface area contributed by atoms with E-state index in [-0.39, 0.29) is 5.91 Å². The Morgan fingerprint density at radius 1 is 1.25 bits per heavy atom. The molecule has 1 aliphatic rings. The first-order valence-electron chi connectivity index (χ1n) is 8.84. The summed E-state index contributed by atoms with van der Waals surface area (Å²) in [5, 5.41) is 3.05. The molecule has 0 bridgehead atoms. The molecule has 0 radical (unpaired) electrons. The SMILES string of the molecule is C#CC(CC)(CC)NC(=O)CN1CCN(c2cccc(C)c2)CC1. The molecule has 1 heterocycles. The van der Waals surface area contributed by atoms with Crippen LogP contribution in [0.4, 0.5) is 5.69 Å². The van der Waals surface area contributed by atoms with Gasteiger partial charge in [-0.2, -0.15) is 0 Å². The second kappa shape index (κ2) is 8.21. The molecule has 0 aliphatic carbocycles. The standard InChI is InChI=1S/C20H29N3O/c1-5-20(6-2,7-3)21-19(24)16-22-11-13-23(14-12-22)18-10-8-9-17(4)15-18/h1,8-10,15H,6-7,11-14,16H2,2-4H3,(H,21,24). The number of benzene rings is 1. The Balaban J connectivity index is 1.85. The molecule has 1 aromatic carbocycles. The van der Waals surface area contributed by atoms with Crippen molar-refractivity contribution in [1.82, 2.24) is 10.2 Å². The number of nitrogens with zero attached hydrogens (tertiary/aromatic N) is 2. The number of carbonyl (C=O) groups excluding carboxylic acids is 1. The normalized spacial score (nSPS) is 15.8. The first-order chi connectivity index (χ1) is 11.5. The van der Waals surface area contributed by atoms with Crippen molar-refractivity contribution in [3.8, 4) is 12.3 Å². The van der Waals surface area contributed by atoms with E-state index in [1.807, 2.05) is 13.8 Å². The minimum absolute atomic E-state index is 0.0284. The molecular weight excluding hydrogens is 298 g/mol. The van der Waals surface area contributed by atoms with E-state index in [9.17, 15) is 4.79 Å². The molecule has 1 aliphatic heterocycles. The van der Waals surface area contributed by atoms with E-state index in [1.54, 1.807) is 0 Å². The van der Waals surface area contributed by atoms with Crippen LogP contribution in [-0.2, 0) is 4.79 Å². The summed E-state index contributed by atoms with van der Waals surface area (Å²) >= 11 is 0. The predicted molar refractivity (Wildman–Crippen MR) is 100 cm³/mol. The van der Waals surface area contributed by atoms with Gasteiger partial charge in [0.15, 0.2) is 0 Å². The molecule has 1 fully saturated rings. The van der Waals surface area contributed by atoms with E-state index in [2.05, 4.69) is 52.2 Å². The van der Waals surface area contributed by atoms with E-state index in [1.165, 1.54) is 11.3 Å². The zero-order chi connectivity index (χ0) is 17.6. The zero-order valence-electron chi connectivity index (χ0n) is 15.1. The van der Waals surface area contributed by atoms with Gasteiger partial charge in [-0.15, -0.1) is 6.42 Å². The molecule has 1 amide bonds. The summed E-state index contributed by atoms with van der Waals surface area (Å²) in [6.45, 7) is 10.2. The number of amides is 1.